The summed E-state index contributed by atoms with van der Waals surface area (Å²) in [6.45, 7) is 2.35. The standard InChI is InChI=1S/C22H32N2O4/c25-21-16-24(19-7-3-1-4-8-19)15-18-13-17(14-22(26)27)9-10-20(18)28-12-6-2-5-11-23-21/h9-10,13,19H,1-8,11-12,14-16H2,(H,23,25)(H,26,27). The van der Waals surface area contributed by atoms with Crippen molar-refractivity contribution < 1.29 is 19.4 Å². The minimum absolute atomic E-state index is 0.00278. The second-order valence-corrected chi connectivity index (χ2v) is 7.97. The molecule has 1 aromatic carbocycles. The number of fused-ring (bicyclic) bond motifs is 1. The van der Waals surface area contributed by atoms with Gasteiger partial charge in [-0.15, -0.1) is 0 Å². The molecule has 0 bridgehead atoms. The van der Waals surface area contributed by atoms with Gasteiger partial charge in [0.1, 0.15) is 5.75 Å². The van der Waals surface area contributed by atoms with Gasteiger partial charge in [0.05, 0.1) is 19.6 Å². The smallest absolute Gasteiger partial charge is 0.307 e. The maximum absolute atomic E-state index is 12.5. The predicted molar refractivity (Wildman–Crippen MR) is 107 cm³/mol. The Labute approximate surface area is 167 Å². The highest BCUT2D eigenvalue weighted by Gasteiger charge is 2.24. The number of nitrogens with one attached hydrogen (secondary N) is 1. The Morgan fingerprint density at radius 3 is 2.68 bits per heavy atom. The topological polar surface area (TPSA) is 78.9 Å². The van der Waals surface area contributed by atoms with Crippen LogP contribution in [0.5, 0.6) is 5.75 Å². The van der Waals surface area contributed by atoms with Gasteiger partial charge in [0.2, 0.25) is 5.91 Å². The molecule has 6 heteroatoms. The van der Waals surface area contributed by atoms with Crippen molar-refractivity contribution >= 4 is 11.9 Å². The van der Waals surface area contributed by atoms with E-state index in [1.807, 2.05) is 18.2 Å². The number of carbonyl (C=O) groups excluding carboxylic acids is 1. The van der Waals surface area contributed by atoms with Gasteiger partial charge in [-0.3, -0.25) is 14.5 Å². The predicted octanol–water partition coefficient (Wildman–Crippen LogP) is 3.13. The van der Waals surface area contributed by atoms with Crippen LogP contribution in [0.2, 0.25) is 0 Å². The quantitative estimate of drug-likeness (QED) is 0.832. The van der Waals surface area contributed by atoms with Gasteiger partial charge < -0.3 is 15.2 Å². The molecular weight excluding hydrogens is 356 g/mol. The molecule has 0 saturated heterocycles. The molecule has 0 spiro atoms. The number of carbonyl (C=O) groups is 2. The summed E-state index contributed by atoms with van der Waals surface area (Å²) in [4.78, 5) is 25.9. The van der Waals surface area contributed by atoms with Crippen LogP contribution in [0.1, 0.15) is 62.5 Å². The van der Waals surface area contributed by atoms with Crippen LogP contribution in [0.25, 0.3) is 0 Å². The van der Waals surface area contributed by atoms with Crippen molar-refractivity contribution in [3.8, 4) is 5.75 Å². The molecular formula is C22H32N2O4. The number of ether oxygens (including phenoxy) is 1. The molecule has 1 fully saturated rings. The van der Waals surface area contributed by atoms with E-state index in [-0.39, 0.29) is 12.3 Å². The second-order valence-electron chi connectivity index (χ2n) is 7.97. The van der Waals surface area contributed by atoms with Crippen LogP contribution >= 0.6 is 0 Å². The van der Waals surface area contributed by atoms with Crippen LogP contribution in [0, 0.1) is 0 Å². The summed E-state index contributed by atoms with van der Waals surface area (Å²) < 4.78 is 6.04. The van der Waals surface area contributed by atoms with E-state index < -0.39 is 5.97 Å². The third-order valence-electron chi connectivity index (χ3n) is 5.69. The summed E-state index contributed by atoms with van der Waals surface area (Å²) in [5.41, 5.74) is 1.75. The maximum atomic E-state index is 12.5. The molecule has 0 unspecified atom stereocenters. The Bertz CT molecular complexity index is 671. The van der Waals surface area contributed by atoms with Gasteiger partial charge in [0.15, 0.2) is 0 Å². The Kier molecular flexibility index (Phi) is 7.71. The average Bonchev–Trinajstić information content (AvgIpc) is 2.69. The van der Waals surface area contributed by atoms with Gasteiger partial charge >= 0.3 is 5.97 Å². The van der Waals surface area contributed by atoms with Crippen LogP contribution < -0.4 is 10.1 Å². The van der Waals surface area contributed by atoms with E-state index in [9.17, 15) is 9.59 Å². The summed E-state index contributed by atoms with van der Waals surface area (Å²) in [5, 5.41) is 12.2. The average molecular weight is 389 g/mol. The number of amides is 1. The van der Waals surface area contributed by atoms with Crippen LogP contribution in [0.3, 0.4) is 0 Å². The Morgan fingerprint density at radius 2 is 1.89 bits per heavy atom. The molecule has 1 aliphatic carbocycles. The van der Waals surface area contributed by atoms with E-state index in [0.29, 0.717) is 32.3 Å². The zero-order valence-corrected chi connectivity index (χ0v) is 16.6. The Hall–Kier alpha value is -2.08. The highest BCUT2D eigenvalue weighted by atomic mass is 16.5. The molecule has 0 atom stereocenters. The number of aliphatic carboxylic acids is 1. The SMILES string of the molecule is O=C(O)Cc1ccc2c(c1)CN(C1CCCCC1)CC(=O)NCCCCCO2. The molecule has 0 aromatic heterocycles. The number of nitrogens with zero attached hydrogens (tertiary/aromatic N) is 1. The van der Waals surface area contributed by atoms with Crippen LogP contribution in [-0.2, 0) is 22.6 Å². The van der Waals surface area contributed by atoms with Gasteiger partial charge in [-0.1, -0.05) is 31.4 Å². The number of hydrogen-bond acceptors (Lipinski definition) is 4. The molecule has 28 heavy (non-hydrogen) atoms. The first-order valence-corrected chi connectivity index (χ1v) is 10.6. The van der Waals surface area contributed by atoms with Crippen molar-refractivity contribution in [1.29, 1.82) is 0 Å². The fourth-order valence-electron chi connectivity index (χ4n) is 4.21. The zero-order chi connectivity index (χ0) is 19.8. The molecule has 1 aliphatic heterocycles. The fourth-order valence-corrected chi connectivity index (χ4v) is 4.21. The number of carboxylic acid groups (broad SMARTS) is 1. The van der Waals surface area contributed by atoms with Crippen molar-refractivity contribution in [2.45, 2.75) is 70.4 Å². The zero-order valence-electron chi connectivity index (χ0n) is 16.6. The maximum Gasteiger partial charge on any atom is 0.307 e. The molecule has 3 rings (SSSR count). The largest absolute Gasteiger partial charge is 0.493 e. The third-order valence-corrected chi connectivity index (χ3v) is 5.69. The van der Waals surface area contributed by atoms with Gasteiger partial charge in [0, 0.05) is 24.7 Å². The lowest BCUT2D eigenvalue weighted by molar-refractivity contribution is -0.136. The van der Waals surface area contributed by atoms with Gasteiger partial charge in [-0.2, -0.15) is 0 Å². The molecule has 1 heterocycles. The monoisotopic (exact) mass is 388 g/mol. The minimum atomic E-state index is -0.839. The van der Waals surface area contributed by atoms with E-state index in [0.717, 1.165) is 49.0 Å². The minimum Gasteiger partial charge on any atom is -0.493 e. The van der Waals surface area contributed by atoms with Crippen molar-refractivity contribution in [2.24, 2.45) is 0 Å². The summed E-state index contributed by atoms with van der Waals surface area (Å²) in [6.07, 6.45) is 8.80. The first-order chi connectivity index (χ1) is 13.6. The number of rotatable bonds is 3. The van der Waals surface area contributed by atoms with Crippen LogP contribution in [-0.4, -0.2) is 47.6 Å². The van der Waals surface area contributed by atoms with E-state index in [4.69, 9.17) is 9.84 Å². The Balaban J connectivity index is 1.86. The van der Waals surface area contributed by atoms with Crippen molar-refractivity contribution in [2.75, 3.05) is 19.7 Å². The lowest BCUT2D eigenvalue weighted by Gasteiger charge is -2.34. The van der Waals surface area contributed by atoms with Crippen LogP contribution in [0.15, 0.2) is 18.2 Å². The van der Waals surface area contributed by atoms with E-state index in [2.05, 4.69) is 10.2 Å². The van der Waals surface area contributed by atoms with Crippen LogP contribution in [0.4, 0.5) is 0 Å². The molecule has 1 amide bonds. The molecule has 154 valence electrons. The molecule has 2 N–H and O–H groups in total. The highest BCUT2D eigenvalue weighted by Crippen LogP contribution is 2.28. The number of carboxylic acids is 1. The summed E-state index contributed by atoms with van der Waals surface area (Å²) in [7, 11) is 0. The molecule has 6 nitrogen and oxygen atoms in total. The summed E-state index contributed by atoms with van der Waals surface area (Å²) >= 11 is 0. The fraction of sp³-hybridized carbons (Fsp3) is 0.636. The van der Waals surface area contributed by atoms with E-state index in [1.165, 1.54) is 19.3 Å². The Morgan fingerprint density at radius 1 is 1.11 bits per heavy atom. The first kappa shape index (κ1) is 20.6. The van der Waals surface area contributed by atoms with E-state index in [1.54, 1.807) is 0 Å². The van der Waals surface area contributed by atoms with Crippen molar-refractivity contribution in [3.63, 3.8) is 0 Å². The molecule has 1 aromatic rings. The molecule has 1 saturated carbocycles. The van der Waals surface area contributed by atoms with Gasteiger partial charge in [0.25, 0.3) is 0 Å². The lowest BCUT2D eigenvalue weighted by atomic mass is 9.93. The number of benzene rings is 1. The first-order valence-electron chi connectivity index (χ1n) is 10.6. The molecule has 2 aliphatic rings. The van der Waals surface area contributed by atoms with Gasteiger partial charge in [-0.05, 0) is 43.7 Å². The number of hydrogen-bond donors (Lipinski definition) is 2. The third kappa shape index (κ3) is 6.23. The lowest BCUT2D eigenvalue weighted by Crippen LogP contribution is -2.43. The summed E-state index contributed by atoms with van der Waals surface area (Å²) in [6, 6.07) is 6.06. The highest BCUT2D eigenvalue weighted by molar-refractivity contribution is 5.78. The van der Waals surface area contributed by atoms with Crippen molar-refractivity contribution in [1.82, 2.24) is 10.2 Å². The molecule has 0 radical (unpaired) electrons. The van der Waals surface area contributed by atoms with Gasteiger partial charge in [-0.25, -0.2) is 0 Å². The summed E-state index contributed by atoms with van der Waals surface area (Å²) in [5.74, 6) is 0.0533. The normalized spacial score (nSPS) is 20.6. The van der Waals surface area contributed by atoms with Crippen molar-refractivity contribution in [3.05, 3.63) is 29.3 Å². The second kappa shape index (κ2) is 10.5. The van der Waals surface area contributed by atoms with E-state index >= 15 is 0 Å².